The van der Waals surface area contributed by atoms with E-state index in [0.717, 1.165) is 5.56 Å². The molecule has 0 N–H and O–H groups in total. The number of hydrogen-bond donors (Lipinski definition) is 0. The number of ether oxygens (including phenoxy) is 6. The summed E-state index contributed by atoms with van der Waals surface area (Å²) in [5.41, 5.74) is 1.67. The lowest BCUT2D eigenvalue weighted by atomic mass is 9.90. The van der Waals surface area contributed by atoms with Crippen LogP contribution in [-0.4, -0.2) is 38.7 Å². The van der Waals surface area contributed by atoms with Crippen molar-refractivity contribution in [3.63, 3.8) is 0 Å². The van der Waals surface area contributed by atoms with Crippen molar-refractivity contribution in [2.75, 3.05) is 26.8 Å². The third-order valence-corrected chi connectivity index (χ3v) is 5.05. The number of carbonyl (C=O) groups is 2. The fourth-order valence-corrected chi connectivity index (χ4v) is 3.57. The maximum absolute atomic E-state index is 12.9. The van der Waals surface area contributed by atoms with Gasteiger partial charge >= 0.3 is 11.9 Å². The van der Waals surface area contributed by atoms with Gasteiger partial charge in [0.2, 0.25) is 13.6 Å². The standard InChI is InChI=1S/C24H24O8/c1-3-27-23(25)17(9-15-5-7-19-21(11-15)31-13-29-19)18(24(26)28-4-2)10-16-6-8-20-22(12-16)32-14-30-20/h5-9,11-12,18H,3-4,10,13-14H2,1-2H3/b17-9+. The van der Waals surface area contributed by atoms with Crippen molar-refractivity contribution < 1.29 is 38.0 Å². The molecule has 0 bridgehead atoms. The van der Waals surface area contributed by atoms with Gasteiger partial charge in [0, 0.05) is 0 Å². The molecule has 2 aliphatic heterocycles. The van der Waals surface area contributed by atoms with Gasteiger partial charge < -0.3 is 28.4 Å². The molecular formula is C24H24O8. The second-order valence-electron chi connectivity index (χ2n) is 7.13. The minimum Gasteiger partial charge on any atom is -0.466 e. The SMILES string of the molecule is CCOC(=O)/C(=C/c1ccc2c(c1)OCO2)C(Cc1ccc2c(c1)OCO2)C(=O)OCC. The van der Waals surface area contributed by atoms with Gasteiger partial charge in [0.05, 0.1) is 24.7 Å². The topological polar surface area (TPSA) is 89.5 Å². The van der Waals surface area contributed by atoms with E-state index < -0.39 is 17.9 Å². The molecule has 2 aromatic carbocycles. The number of carbonyl (C=O) groups excluding carboxylic acids is 2. The number of esters is 2. The van der Waals surface area contributed by atoms with Gasteiger partial charge in [0.1, 0.15) is 0 Å². The van der Waals surface area contributed by atoms with E-state index in [1.165, 1.54) is 0 Å². The van der Waals surface area contributed by atoms with Crippen LogP contribution in [0, 0.1) is 5.92 Å². The van der Waals surface area contributed by atoms with Crippen LogP contribution < -0.4 is 18.9 Å². The summed E-state index contributed by atoms with van der Waals surface area (Å²) in [5.74, 6) is 0.479. The van der Waals surface area contributed by atoms with Gasteiger partial charge in [-0.25, -0.2) is 4.79 Å². The van der Waals surface area contributed by atoms with Crippen LogP contribution in [0.2, 0.25) is 0 Å². The average Bonchev–Trinajstić information content (AvgIpc) is 3.44. The molecule has 1 unspecified atom stereocenters. The third-order valence-electron chi connectivity index (χ3n) is 5.05. The normalized spacial score (nSPS) is 14.8. The van der Waals surface area contributed by atoms with Crippen molar-refractivity contribution in [1.29, 1.82) is 0 Å². The molecule has 8 heteroatoms. The van der Waals surface area contributed by atoms with Crippen molar-refractivity contribution in [1.82, 2.24) is 0 Å². The van der Waals surface area contributed by atoms with E-state index in [-0.39, 0.29) is 38.8 Å². The van der Waals surface area contributed by atoms with Crippen molar-refractivity contribution >= 4 is 18.0 Å². The summed E-state index contributed by atoms with van der Waals surface area (Å²) < 4.78 is 32.2. The summed E-state index contributed by atoms with van der Waals surface area (Å²) in [6.45, 7) is 4.10. The fraction of sp³-hybridized carbons (Fsp3) is 0.333. The number of hydrogen-bond acceptors (Lipinski definition) is 8. The summed E-state index contributed by atoms with van der Waals surface area (Å²) in [6, 6.07) is 10.7. The molecule has 0 saturated carbocycles. The highest BCUT2D eigenvalue weighted by Crippen LogP contribution is 2.36. The zero-order valence-electron chi connectivity index (χ0n) is 17.9. The van der Waals surface area contributed by atoms with Gasteiger partial charge in [-0.1, -0.05) is 12.1 Å². The molecule has 4 rings (SSSR count). The smallest absolute Gasteiger partial charge is 0.334 e. The van der Waals surface area contributed by atoms with Crippen LogP contribution in [-0.2, 0) is 25.5 Å². The van der Waals surface area contributed by atoms with Gasteiger partial charge in [0.15, 0.2) is 23.0 Å². The zero-order chi connectivity index (χ0) is 22.5. The van der Waals surface area contributed by atoms with Crippen LogP contribution in [0.1, 0.15) is 25.0 Å². The van der Waals surface area contributed by atoms with Crippen LogP contribution in [0.5, 0.6) is 23.0 Å². The van der Waals surface area contributed by atoms with E-state index in [9.17, 15) is 9.59 Å². The van der Waals surface area contributed by atoms with Gasteiger partial charge in [-0.05, 0) is 61.7 Å². The fourth-order valence-electron chi connectivity index (χ4n) is 3.57. The van der Waals surface area contributed by atoms with E-state index in [2.05, 4.69) is 0 Å². The van der Waals surface area contributed by atoms with Crippen LogP contribution in [0.25, 0.3) is 6.08 Å². The summed E-state index contributed by atoms with van der Waals surface area (Å²) in [7, 11) is 0. The maximum Gasteiger partial charge on any atom is 0.334 e. The van der Waals surface area contributed by atoms with Crippen LogP contribution in [0.15, 0.2) is 42.0 Å². The minimum atomic E-state index is -0.875. The highest BCUT2D eigenvalue weighted by molar-refractivity contribution is 6.00. The Morgan fingerprint density at radius 2 is 1.50 bits per heavy atom. The molecule has 0 amide bonds. The molecule has 0 spiro atoms. The first-order valence-corrected chi connectivity index (χ1v) is 10.4. The predicted octanol–water partition coefficient (Wildman–Crippen LogP) is 3.51. The second kappa shape index (κ2) is 9.64. The van der Waals surface area contributed by atoms with E-state index in [4.69, 9.17) is 28.4 Å². The molecule has 0 saturated heterocycles. The lowest BCUT2D eigenvalue weighted by Crippen LogP contribution is -2.27. The maximum atomic E-state index is 12.9. The Bertz CT molecular complexity index is 1040. The van der Waals surface area contributed by atoms with Crippen molar-refractivity contribution in [2.24, 2.45) is 5.92 Å². The Hall–Kier alpha value is -3.68. The molecule has 8 nitrogen and oxygen atoms in total. The first-order valence-electron chi connectivity index (χ1n) is 10.4. The Kier molecular flexibility index (Phi) is 6.49. The Labute approximate surface area is 185 Å². The van der Waals surface area contributed by atoms with Crippen molar-refractivity contribution in [2.45, 2.75) is 20.3 Å². The summed E-state index contributed by atoms with van der Waals surface area (Å²) in [6.07, 6.45) is 1.86. The molecule has 0 radical (unpaired) electrons. The minimum absolute atomic E-state index is 0.142. The van der Waals surface area contributed by atoms with E-state index in [1.54, 1.807) is 50.3 Å². The van der Waals surface area contributed by atoms with Gasteiger partial charge in [-0.3, -0.25) is 4.79 Å². The largest absolute Gasteiger partial charge is 0.466 e. The molecule has 2 aromatic rings. The predicted molar refractivity (Wildman–Crippen MR) is 114 cm³/mol. The summed E-state index contributed by atoms with van der Waals surface area (Å²) in [5, 5.41) is 0. The molecule has 168 valence electrons. The Morgan fingerprint density at radius 1 is 0.875 bits per heavy atom. The molecule has 2 aliphatic rings. The quantitative estimate of drug-likeness (QED) is 0.455. The van der Waals surface area contributed by atoms with Crippen LogP contribution in [0.4, 0.5) is 0 Å². The third kappa shape index (κ3) is 4.64. The molecule has 1 atom stereocenters. The lowest BCUT2D eigenvalue weighted by Gasteiger charge is -2.19. The number of fused-ring (bicyclic) bond motifs is 2. The van der Waals surface area contributed by atoms with Crippen LogP contribution >= 0.6 is 0 Å². The van der Waals surface area contributed by atoms with Crippen molar-refractivity contribution in [3.05, 3.63) is 53.1 Å². The Morgan fingerprint density at radius 3 is 2.19 bits per heavy atom. The first-order chi connectivity index (χ1) is 15.6. The summed E-state index contributed by atoms with van der Waals surface area (Å²) >= 11 is 0. The zero-order valence-corrected chi connectivity index (χ0v) is 17.9. The first kappa shape index (κ1) is 21.5. The van der Waals surface area contributed by atoms with Gasteiger partial charge in [0.25, 0.3) is 0 Å². The second-order valence-corrected chi connectivity index (χ2v) is 7.13. The average molecular weight is 440 g/mol. The monoisotopic (exact) mass is 440 g/mol. The Balaban J connectivity index is 1.71. The molecule has 2 heterocycles. The molecule has 0 aliphatic carbocycles. The number of benzene rings is 2. The van der Waals surface area contributed by atoms with Gasteiger partial charge in [-0.2, -0.15) is 0 Å². The molecular weight excluding hydrogens is 416 g/mol. The molecule has 0 fully saturated rings. The van der Waals surface area contributed by atoms with Crippen LogP contribution in [0.3, 0.4) is 0 Å². The highest BCUT2D eigenvalue weighted by atomic mass is 16.7. The molecule has 0 aromatic heterocycles. The highest BCUT2D eigenvalue weighted by Gasteiger charge is 2.31. The lowest BCUT2D eigenvalue weighted by molar-refractivity contribution is -0.150. The molecule has 32 heavy (non-hydrogen) atoms. The van der Waals surface area contributed by atoms with E-state index in [1.807, 2.05) is 6.07 Å². The van der Waals surface area contributed by atoms with E-state index in [0.29, 0.717) is 28.6 Å². The number of rotatable bonds is 8. The van der Waals surface area contributed by atoms with Gasteiger partial charge in [-0.15, -0.1) is 0 Å². The summed E-state index contributed by atoms with van der Waals surface area (Å²) in [4.78, 5) is 25.8. The van der Waals surface area contributed by atoms with Crippen molar-refractivity contribution in [3.8, 4) is 23.0 Å². The van der Waals surface area contributed by atoms with E-state index >= 15 is 0 Å².